The highest BCUT2D eigenvalue weighted by Crippen LogP contribution is 2.37. The Balaban J connectivity index is 2.77. The quantitative estimate of drug-likeness (QED) is 0.499. The zero-order valence-electron chi connectivity index (χ0n) is 7.43. The Morgan fingerprint density at radius 2 is 2.00 bits per heavy atom. The van der Waals surface area contributed by atoms with E-state index >= 15 is 0 Å². The zero-order valence-corrected chi connectivity index (χ0v) is 7.43. The molecule has 64 valence electrons. The van der Waals surface area contributed by atoms with E-state index in [2.05, 4.69) is 0 Å². The van der Waals surface area contributed by atoms with Crippen molar-refractivity contribution < 1.29 is 14.3 Å². The Bertz CT molecular complexity index is 180. The van der Waals surface area contributed by atoms with E-state index in [9.17, 15) is 4.79 Å². The summed E-state index contributed by atoms with van der Waals surface area (Å²) in [5.41, 5.74) is -0.167. The Hall–Kier alpha value is -0.570. The van der Waals surface area contributed by atoms with Crippen molar-refractivity contribution in [3.63, 3.8) is 0 Å². The summed E-state index contributed by atoms with van der Waals surface area (Å²) in [5.74, 6) is -1.02. The van der Waals surface area contributed by atoms with Gasteiger partial charge < -0.3 is 9.47 Å². The van der Waals surface area contributed by atoms with Crippen LogP contribution in [0, 0.1) is 5.41 Å². The molecule has 0 amide bonds. The van der Waals surface area contributed by atoms with Crippen LogP contribution in [0.1, 0.15) is 27.7 Å². The van der Waals surface area contributed by atoms with Gasteiger partial charge in [-0.2, -0.15) is 0 Å². The third kappa shape index (κ3) is 1.38. The first-order chi connectivity index (χ1) is 4.85. The molecule has 1 unspecified atom stereocenters. The summed E-state index contributed by atoms with van der Waals surface area (Å²) in [6, 6.07) is 0. The lowest BCUT2D eigenvalue weighted by atomic mass is 9.87. The molecular weight excluding hydrogens is 144 g/mol. The molecule has 11 heavy (non-hydrogen) atoms. The summed E-state index contributed by atoms with van der Waals surface area (Å²) in [5, 5.41) is 0. The fraction of sp³-hybridized carbons (Fsp3) is 0.875. The molecule has 0 bridgehead atoms. The monoisotopic (exact) mass is 158 g/mol. The van der Waals surface area contributed by atoms with Crippen LogP contribution in [0.25, 0.3) is 0 Å². The van der Waals surface area contributed by atoms with Crippen LogP contribution < -0.4 is 0 Å². The van der Waals surface area contributed by atoms with Crippen molar-refractivity contribution in [3.8, 4) is 0 Å². The molecule has 0 radical (unpaired) electrons. The number of cyclic esters (lactones) is 1. The minimum absolute atomic E-state index is 0.0772. The summed E-state index contributed by atoms with van der Waals surface area (Å²) in [7, 11) is 0. The van der Waals surface area contributed by atoms with Gasteiger partial charge in [-0.05, 0) is 0 Å². The normalized spacial score (nSPS) is 32.2. The number of hydrogen-bond acceptors (Lipinski definition) is 3. The molecule has 0 saturated carbocycles. The Morgan fingerprint density at radius 1 is 1.45 bits per heavy atom. The first kappa shape index (κ1) is 8.53. The lowest BCUT2D eigenvalue weighted by molar-refractivity contribution is -0.210. The number of ether oxygens (including phenoxy) is 2. The van der Waals surface area contributed by atoms with Crippen molar-refractivity contribution in [2.75, 3.05) is 6.61 Å². The van der Waals surface area contributed by atoms with E-state index in [4.69, 9.17) is 9.47 Å². The van der Waals surface area contributed by atoms with Crippen LogP contribution in [0.2, 0.25) is 0 Å². The van der Waals surface area contributed by atoms with Crippen molar-refractivity contribution in [3.05, 3.63) is 0 Å². The summed E-state index contributed by atoms with van der Waals surface area (Å²) in [4.78, 5) is 10.8. The van der Waals surface area contributed by atoms with Gasteiger partial charge in [0.1, 0.15) is 6.61 Å². The van der Waals surface area contributed by atoms with Crippen LogP contribution in [0.5, 0.6) is 0 Å². The standard InChI is InChI=1S/C8H14O3/c1-7(2,3)8(4)10-5-6(9)11-8/h5H2,1-4H3. The summed E-state index contributed by atoms with van der Waals surface area (Å²) < 4.78 is 10.3. The number of rotatable bonds is 0. The maximum atomic E-state index is 10.8. The van der Waals surface area contributed by atoms with Gasteiger partial charge >= 0.3 is 5.97 Å². The first-order valence-electron chi connectivity index (χ1n) is 3.71. The molecule has 3 heteroatoms. The Labute approximate surface area is 66.7 Å². The van der Waals surface area contributed by atoms with Crippen LogP contribution in [0.15, 0.2) is 0 Å². The van der Waals surface area contributed by atoms with Crippen LogP contribution in [-0.4, -0.2) is 18.4 Å². The molecule has 0 aliphatic carbocycles. The van der Waals surface area contributed by atoms with Crippen molar-refractivity contribution in [1.82, 2.24) is 0 Å². The van der Waals surface area contributed by atoms with Gasteiger partial charge in [0.2, 0.25) is 5.79 Å². The van der Waals surface area contributed by atoms with E-state index in [-0.39, 0.29) is 18.0 Å². The molecule has 0 aromatic carbocycles. The van der Waals surface area contributed by atoms with Crippen LogP contribution >= 0.6 is 0 Å². The number of carbonyl (C=O) groups excluding carboxylic acids is 1. The molecule has 0 spiro atoms. The van der Waals surface area contributed by atoms with Crippen LogP contribution in [-0.2, 0) is 14.3 Å². The average molecular weight is 158 g/mol. The summed E-state index contributed by atoms with van der Waals surface area (Å²) in [6.45, 7) is 7.80. The first-order valence-corrected chi connectivity index (χ1v) is 3.71. The van der Waals surface area contributed by atoms with E-state index in [1.165, 1.54) is 0 Å². The third-order valence-electron chi connectivity index (χ3n) is 2.14. The second-order valence-corrected chi connectivity index (χ2v) is 3.96. The van der Waals surface area contributed by atoms with Gasteiger partial charge in [0.25, 0.3) is 0 Å². The minimum atomic E-state index is -0.746. The second-order valence-electron chi connectivity index (χ2n) is 3.96. The van der Waals surface area contributed by atoms with E-state index in [0.717, 1.165) is 0 Å². The topological polar surface area (TPSA) is 35.5 Å². The summed E-state index contributed by atoms with van der Waals surface area (Å²) in [6.07, 6.45) is 0. The molecule has 1 atom stereocenters. The molecule has 0 aromatic heterocycles. The molecule has 1 saturated heterocycles. The van der Waals surface area contributed by atoms with E-state index < -0.39 is 5.79 Å². The third-order valence-corrected chi connectivity index (χ3v) is 2.14. The zero-order chi connectivity index (χ0) is 8.70. The SMILES string of the molecule is CC(C)(C)C1(C)OCC(=O)O1. The van der Waals surface area contributed by atoms with Gasteiger partial charge in [-0.3, -0.25) is 0 Å². The molecule has 0 N–H and O–H groups in total. The second kappa shape index (κ2) is 2.21. The highest BCUT2D eigenvalue weighted by molar-refractivity contribution is 5.72. The van der Waals surface area contributed by atoms with E-state index in [1.54, 1.807) is 6.92 Å². The van der Waals surface area contributed by atoms with Crippen LogP contribution in [0.3, 0.4) is 0 Å². The summed E-state index contributed by atoms with van der Waals surface area (Å²) >= 11 is 0. The molecule has 1 aliphatic heterocycles. The van der Waals surface area contributed by atoms with E-state index in [0.29, 0.717) is 0 Å². The highest BCUT2D eigenvalue weighted by Gasteiger charge is 2.47. The maximum absolute atomic E-state index is 10.8. The molecular formula is C8H14O3. The van der Waals surface area contributed by atoms with Gasteiger partial charge in [0, 0.05) is 12.3 Å². The Kier molecular flexibility index (Phi) is 1.71. The van der Waals surface area contributed by atoms with Gasteiger partial charge in [-0.25, -0.2) is 4.79 Å². The predicted octanol–water partition coefficient (Wildman–Crippen LogP) is 1.32. The smallest absolute Gasteiger partial charge is 0.334 e. The highest BCUT2D eigenvalue weighted by atomic mass is 16.8. The molecule has 0 aromatic rings. The van der Waals surface area contributed by atoms with Crippen molar-refractivity contribution in [2.24, 2.45) is 5.41 Å². The number of hydrogen-bond donors (Lipinski definition) is 0. The maximum Gasteiger partial charge on any atom is 0.334 e. The molecule has 1 fully saturated rings. The molecule has 1 aliphatic rings. The molecule has 1 rings (SSSR count). The lowest BCUT2D eigenvalue weighted by Crippen LogP contribution is -2.41. The number of esters is 1. The molecule has 3 nitrogen and oxygen atoms in total. The minimum Gasteiger partial charge on any atom is -0.431 e. The largest absolute Gasteiger partial charge is 0.431 e. The fourth-order valence-electron chi connectivity index (χ4n) is 0.842. The van der Waals surface area contributed by atoms with Crippen molar-refractivity contribution in [1.29, 1.82) is 0 Å². The van der Waals surface area contributed by atoms with Gasteiger partial charge in [0.05, 0.1) is 0 Å². The van der Waals surface area contributed by atoms with Crippen LogP contribution in [0.4, 0.5) is 0 Å². The van der Waals surface area contributed by atoms with Crippen molar-refractivity contribution >= 4 is 5.97 Å². The van der Waals surface area contributed by atoms with E-state index in [1.807, 2.05) is 20.8 Å². The molecule has 1 heterocycles. The fourth-order valence-corrected chi connectivity index (χ4v) is 0.842. The van der Waals surface area contributed by atoms with Gasteiger partial charge in [-0.15, -0.1) is 0 Å². The predicted molar refractivity (Wildman–Crippen MR) is 39.9 cm³/mol. The average Bonchev–Trinajstić information content (AvgIpc) is 2.10. The Morgan fingerprint density at radius 3 is 2.18 bits per heavy atom. The van der Waals surface area contributed by atoms with Gasteiger partial charge in [0.15, 0.2) is 0 Å². The lowest BCUT2D eigenvalue weighted by Gasteiger charge is -2.34. The van der Waals surface area contributed by atoms with Crippen molar-refractivity contribution in [2.45, 2.75) is 33.5 Å². The van der Waals surface area contributed by atoms with Gasteiger partial charge in [-0.1, -0.05) is 20.8 Å². The number of carbonyl (C=O) groups is 1.